The number of hydrogen-bond donors (Lipinski definition) is 15. The summed E-state index contributed by atoms with van der Waals surface area (Å²) in [7, 11) is -5.53. The van der Waals surface area contributed by atoms with Crippen LogP contribution in [0.3, 0.4) is 0 Å². The third-order valence-corrected chi connectivity index (χ3v) is 26.5. The molecule has 16 heterocycles. The van der Waals surface area contributed by atoms with Crippen molar-refractivity contribution in [2.45, 2.75) is 156 Å². The first-order chi connectivity index (χ1) is 64.3. The van der Waals surface area contributed by atoms with Crippen LogP contribution in [-0.4, -0.2) is 270 Å². The average molecular weight is 1960 g/mol. The number of aromatic nitrogens is 15. The summed E-state index contributed by atoms with van der Waals surface area (Å²) in [5.74, 6) is 0.202. The van der Waals surface area contributed by atoms with E-state index in [4.69, 9.17) is 103 Å². The Balaban J connectivity index is 0.000000154. The highest BCUT2D eigenvalue weighted by atomic mass is 32.5. The van der Waals surface area contributed by atoms with E-state index in [0.717, 1.165) is 9.13 Å². The molecule has 724 valence electrons. The van der Waals surface area contributed by atoms with E-state index in [1.807, 2.05) is 0 Å². The van der Waals surface area contributed by atoms with Gasteiger partial charge in [-0.05, 0) is 53.3 Å². The molecular formula is C80H95N18O33P3S. The van der Waals surface area contributed by atoms with Crippen molar-refractivity contribution in [3.05, 3.63) is 216 Å². The number of anilines is 3. The molecule has 51 nitrogen and oxygen atoms in total. The first-order valence-electron chi connectivity index (χ1n) is 41.1. The highest BCUT2D eigenvalue weighted by molar-refractivity contribution is 8.07. The summed E-state index contributed by atoms with van der Waals surface area (Å²) in [6, 6.07) is 25.3. The zero-order chi connectivity index (χ0) is 94.9. The molecule has 18 rings (SSSR count). The minimum absolute atomic E-state index is 0. The second kappa shape index (κ2) is 41.6. The minimum atomic E-state index is -4.84. The Morgan fingerprint density at radius 2 is 0.756 bits per heavy atom. The standard InChI is InChI=1S/C27H31N6O11P.C27H31N6O10PS.C25H29N6O12P.CH4/c1-40-23-22(35)19(43-26(23)33-13-30-21-16(28)7-8-29-24(21)33)12-41-45(38,39)44-17-9-20(42-18(17)11-34)32-10-15(25(36)31-27(32)37)14-5-3-2-4-6-14;1-39-23-22(35)19(42-26(23)33-13-30-21-16(28)7-8-29-24(21)33)12-40-44(38,45)43-17-9-20(41-18(17)11-34)32-10-15(25(36)31-27(32)37)14-5-3-2-4-6-14;1-38-21-20(33)17(42-24(21)31-11-28-19-13(26)4-5-27-22(19)31)10-40-44(36,37)43-15-7-18(41-16(15)9-32)30-8-12(14-3-2-6-39-14)23(34)29-25(30)35;/h2-8,10,13,17-20,22-23,26,34-35H,9,11-12H2,1H3,(H2,28,29)(H,38,39)(H,31,36,37);2-8,10,13,17-20,22-23,26,34-35H,9,11-12H2,1H3,(H2,28,29)(H,38,45)(H,31,36,37);2-6,8,11,15-18,20-21,24,32-33H,7,9-10H2,1H3,(H2,26,27)(H,36,37)(H,29,34,35);1H4/t17-,18-,19-,20-,22+,23?,26-;17-,18-,19-,20-,22+,23?,26-,44?;15-,16-,17-,18-,20+,21?,24-;/m111./s1. The van der Waals surface area contributed by atoms with Crippen molar-refractivity contribution >= 4 is 84.7 Å². The molecule has 6 aliphatic heterocycles. The Hall–Kier alpha value is -10.8. The van der Waals surface area contributed by atoms with E-state index >= 15 is 0 Å². The van der Waals surface area contributed by atoms with Crippen LogP contribution in [0.2, 0.25) is 0 Å². The Bertz CT molecular complexity index is 6450. The summed E-state index contributed by atoms with van der Waals surface area (Å²) in [5, 5.41) is 62.4. The lowest BCUT2D eigenvalue weighted by molar-refractivity contribution is -0.0627. The number of aliphatic hydroxyl groups is 6. The van der Waals surface area contributed by atoms with Crippen LogP contribution in [-0.2, 0) is 90.7 Å². The number of aromatic amines is 3. The fourth-order valence-corrected chi connectivity index (χ4v) is 19.7. The first-order valence-corrected chi connectivity index (χ1v) is 46.7. The van der Waals surface area contributed by atoms with E-state index in [2.05, 4.69) is 44.9 Å². The molecule has 12 aromatic rings. The van der Waals surface area contributed by atoms with Gasteiger partial charge in [-0.25, -0.2) is 53.4 Å². The first kappa shape index (κ1) is 98.7. The van der Waals surface area contributed by atoms with Crippen LogP contribution in [0.15, 0.2) is 187 Å². The van der Waals surface area contributed by atoms with Gasteiger partial charge in [0.05, 0.1) is 105 Å². The maximum Gasteiger partial charge on any atom is 0.472 e. The van der Waals surface area contributed by atoms with E-state index in [1.165, 1.54) is 104 Å². The molecule has 2 aromatic carbocycles. The number of H-pyrrole nitrogens is 3. The SMILES string of the molecule is C.COC1[C@@H](O)[C@@H](COP(=O)(O)O[C@@H]2C[C@H](n3cc(-c4ccccc4)c(=O)[nH]c3=O)O[C@@H]2CO)O[C@H]1n1cnc2c(N)ccnc21.COC1[C@@H](O)[C@@H](COP(=O)(O)O[C@@H]2C[C@H](n3cc(-c4ccco4)c(=O)[nH]c3=O)O[C@@H]2CO)O[C@H]1n1cnc2c(N)ccnc21.COC1[C@@H](O)[C@@H](COP(O)(=S)O[C@@H]2C[C@H](n3cc(-c4ccccc4)c(=O)[nH]c3=O)O[C@@H]2CO)O[C@H]1n1cnc2c(N)ccnc21. The number of phosphoric acid groups is 2. The molecule has 24 atom stereocenters. The highest BCUT2D eigenvalue weighted by Gasteiger charge is 2.52. The van der Waals surface area contributed by atoms with E-state index in [-0.39, 0.29) is 55.7 Å². The molecule has 6 unspecified atom stereocenters. The molecule has 135 heavy (non-hydrogen) atoms. The lowest BCUT2D eigenvalue weighted by atomic mass is 10.1. The monoisotopic (exact) mass is 1960 g/mol. The highest BCUT2D eigenvalue weighted by Crippen LogP contribution is 2.53. The van der Waals surface area contributed by atoms with Crippen LogP contribution in [0, 0.1) is 0 Å². The van der Waals surface area contributed by atoms with Gasteiger partial charge in [0.1, 0.15) is 126 Å². The lowest BCUT2D eigenvalue weighted by Gasteiger charge is -2.24. The number of hydrogen-bond acceptors (Lipinski definition) is 40. The lowest BCUT2D eigenvalue weighted by Crippen LogP contribution is -2.35. The van der Waals surface area contributed by atoms with Crippen molar-refractivity contribution in [1.29, 1.82) is 0 Å². The molecular weight excluding hydrogens is 1870 g/mol. The maximum atomic E-state index is 13.0. The maximum absolute atomic E-state index is 13.0. The quantitative estimate of drug-likeness (QED) is 0.0281. The van der Waals surface area contributed by atoms with Crippen LogP contribution in [0.5, 0.6) is 0 Å². The van der Waals surface area contributed by atoms with Crippen molar-refractivity contribution in [1.82, 2.24) is 72.3 Å². The Kier molecular flexibility index (Phi) is 30.4. The van der Waals surface area contributed by atoms with Gasteiger partial charge in [-0.2, -0.15) is 0 Å². The predicted molar refractivity (Wildman–Crippen MR) is 473 cm³/mol. The fraction of sp³-hybridized carbons (Fsp3) is 0.425. The minimum Gasteiger partial charge on any atom is -0.464 e. The number of nitrogens with one attached hydrogen (secondary N) is 3. The van der Waals surface area contributed by atoms with Gasteiger partial charge in [-0.15, -0.1) is 0 Å². The van der Waals surface area contributed by atoms with Gasteiger partial charge in [0.15, 0.2) is 35.6 Å². The summed E-state index contributed by atoms with van der Waals surface area (Å²) in [4.78, 5) is 140. The topological polar surface area (TPSA) is 703 Å². The van der Waals surface area contributed by atoms with E-state index in [0.29, 0.717) is 61.7 Å². The number of nitrogens with two attached hydrogens (primary N) is 3. The molecule has 0 saturated carbocycles. The van der Waals surface area contributed by atoms with E-state index in [1.54, 1.807) is 89.5 Å². The van der Waals surface area contributed by atoms with Crippen molar-refractivity contribution < 1.29 is 129 Å². The molecule has 0 bridgehead atoms. The number of furan rings is 1. The summed E-state index contributed by atoms with van der Waals surface area (Å²) in [5.41, 5.74) is 19.1. The fourth-order valence-electron chi connectivity index (χ4n) is 16.3. The van der Waals surface area contributed by atoms with Gasteiger partial charge in [0.2, 0.25) is 0 Å². The van der Waals surface area contributed by atoms with Gasteiger partial charge in [0.25, 0.3) is 16.7 Å². The Morgan fingerprint density at radius 3 is 1.08 bits per heavy atom. The van der Waals surface area contributed by atoms with Gasteiger partial charge >= 0.3 is 39.4 Å². The second-order valence-electron chi connectivity index (χ2n) is 31.1. The average Bonchev–Trinajstić information content (AvgIpc) is 1.57. The smallest absolute Gasteiger partial charge is 0.464 e. The van der Waals surface area contributed by atoms with Crippen LogP contribution < -0.4 is 50.9 Å². The molecule has 0 spiro atoms. The number of nitrogen functional groups attached to an aromatic ring is 3. The van der Waals surface area contributed by atoms with Gasteiger partial charge in [-0.3, -0.25) is 74.8 Å². The molecule has 6 aliphatic rings. The predicted octanol–water partition coefficient (Wildman–Crippen LogP) is 1.20. The molecule has 0 radical (unpaired) electrons. The molecule has 10 aromatic heterocycles. The van der Waals surface area contributed by atoms with Crippen LogP contribution >= 0.6 is 22.4 Å². The summed E-state index contributed by atoms with van der Waals surface area (Å²) >= 11 is 5.24. The molecule has 6 fully saturated rings. The summed E-state index contributed by atoms with van der Waals surface area (Å²) < 4.78 is 123. The van der Waals surface area contributed by atoms with Gasteiger partial charge < -0.3 is 119 Å². The van der Waals surface area contributed by atoms with Crippen molar-refractivity contribution in [3.8, 4) is 33.6 Å². The largest absolute Gasteiger partial charge is 0.472 e. The number of methoxy groups -OCH3 is 3. The number of nitrogens with zero attached hydrogens (tertiary/aromatic N) is 12. The number of rotatable bonds is 30. The number of aliphatic hydroxyl groups excluding tert-OH is 6. The number of ether oxygens (including phenoxy) is 9. The van der Waals surface area contributed by atoms with Crippen LogP contribution in [0.4, 0.5) is 17.1 Å². The summed E-state index contributed by atoms with van der Waals surface area (Å²) in [6.45, 7) is -7.27. The van der Waals surface area contributed by atoms with Crippen molar-refractivity contribution in [2.24, 2.45) is 0 Å². The Labute approximate surface area is 765 Å². The Morgan fingerprint density at radius 1 is 0.430 bits per heavy atom. The zero-order valence-electron chi connectivity index (χ0n) is 70.6. The van der Waals surface area contributed by atoms with Crippen molar-refractivity contribution in [2.75, 3.05) is 78.2 Å². The molecule has 6 saturated heterocycles. The van der Waals surface area contributed by atoms with Crippen molar-refractivity contribution in [3.63, 3.8) is 0 Å². The molecule has 0 amide bonds. The second-order valence-corrected chi connectivity index (χ2v) is 36.7. The van der Waals surface area contributed by atoms with Crippen LogP contribution in [0.1, 0.15) is 64.1 Å². The molecule has 18 N–H and O–H groups in total. The van der Waals surface area contributed by atoms with Crippen LogP contribution in [0.25, 0.3) is 67.1 Å². The third kappa shape index (κ3) is 20.9. The van der Waals surface area contributed by atoms with Gasteiger partial charge in [0, 0.05) is 77.8 Å². The number of fused-ring (bicyclic) bond motifs is 3. The normalized spacial score (nSPS) is 28.0. The van der Waals surface area contributed by atoms with E-state index < -0.39 is 218 Å². The number of imidazole rings is 3. The number of phosphoric ester groups is 2. The van der Waals surface area contributed by atoms with Gasteiger partial charge in [-0.1, -0.05) is 68.1 Å². The third-order valence-electron chi connectivity index (χ3n) is 22.9. The van der Waals surface area contributed by atoms with E-state index in [9.17, 15) is 83.2 Å². The molecule has 0 aliphatic carbocycles. The summed E-state index contributed by atoms with van der Waals surface area (Å²) in [6.07, 6.45) is -8.23. The molecule has 55 heteroatoms. The number of benzene rings is 2. The zero-order valence-corrected chi connectivity index (χ0v) is 74.1. The number of pyridine rings is 3.